The highest BCUT2D eigenvalue weighted by Gasteiger charge is 2.31. The lowest BCUT2D eigenvalue weighted by molar-refractivity contribution is -0.274. The predicted molar refractivity (Wildman–Crippen MR) is 60.9 cm³/mol. The molecule has 1 atom stereocenters. The quantitative estimate of drug-likeness (QED) is 0.826. The van der Waals surface area contributed by atoms with Gasteiger partial charge in [-0.3, -0.25) is 0 Å². The summed E-state index contributed by atoms with van der Waals surface area (Å²) >= 11 is 0. The molecule has 18 heavy (non-hydrogen) atoms. The number of benzene rings is 1. The Labute approximate surface area is 103 Å². The van der Waals surface area contributed by atoms with E-state index in [1.807, 2.05) is 0 Å². The van der Waals surface area contributed by atoms with Crippen LogP contribution in [-0.4, -0.2) is 17.1 Å². The first kappa shape index (κ1) is 14.4. The van der Waals surface area contributed by atoms with Gasteiger partial charge in [0, 0.05) is 0 Å². The van der Waals surface area contributed by atoms with E-state index in [1.54, 1.807) is 13.0 Å². The number of hydrogen-bond donors (Lipinski definition) is 1. The summed E-state index contributed by atoms with van der Waals surface area (Å²) in [5.74, 6) is 4.64. The van der Waals surface area contributed by atoms with Crippen LogP contribution in [0.2, 0.25) is 0 Å². The molecule has 0 radical (unpaired) electrons. The number of halogens is 3. The first-order valence-corrected chi connectivity index (χ1v) is 5.34. The number of aliphatic hydroxyl groups is 1. The summed E-state index contributed by atoms with van der Waals surface area (Å²) in [6.07, 6.45) is -4.38. The molecule has 0 amide bonds. The summed E-state index contributed by atoms with van der Waals surface area (Å²) in [6, 6.07) is 5.55. The van der Waals surface area contributed by atoms with E-state index < -0.39 is 12.0 Å². The highest BCUT2D eigenvalue weighted by atomic mass is 19.4. The lowest BCUT2D eigenvalue weighted by atomic mass is 10.0. The van der Waals surface area contributed by atoms with Crippen molar-refractivity contribution in [3.05, 3.63) is 29.8 Å². The minimum atomic E-state index is -4.76. The average Bonchev–Trinajstić information content (AvgIpc) is 2.26. The van der Waals surface area contributed by atoms with Crippen molar-refractivity contribution in [2.75, 3.05) is 0 Å². The molecule has 0 saturated heterocycles. The van der Waals surface area contributed by atoms with Crippen LogP contribution in [0.25, 0.3) is 0 Å². The second kappa shape index (κ2) is 5.32. The molecule has 0 fully saturated rings. The van der Waals surface area contributed by atoms with Crippen LogP contribution in [0.5, 0.6) is 5.75 Å². The number of ether oxygens (including phenoxy) is 1. The van der Waals surface area contributed by atoms with Crippen LogP contribution in [0.15, 0.2) is 24.3 Å². The molecule has 5 heteroatoms. The molecule has 0 aliphatic carbocycles. The molecule has 0 spiro atoms. The van der Waals surface area contributed by atoms with E-state index in [1.165, 1.54) is 25.1 Å². The Morgan fingerprint density at radius 1 is 1.28 bits per heavy atom. The zero-order chi connectivity index (χ0) is 13.8. The average molecular weight is 258 g/mol. The van der Waals surface area contributed by atoms with Crippen molar-refractivity contribution in [1.29, 1.82) is 0 Å². The lowest BCUT2D eigenvalue weighted by Crippen LogP contribution is -2.20. The van der Waals surface area contributed by atoms with Gasteiger partial charge in [-0.05, 0) is 25.5 Å². The Morgan fingerprint density at radius 3 is 2.44 bits per heavy atom. The third-order valence-corrected chi connectivity index (χ3v) is 2.27. The van der Waals surface area contributed by atoms with Gasteiger partial charge in [0.25, 0.3) is 0 Å². The Balaban J connectivity index is 3.03. The predicted octanol–water partition coefficient (Wildman–Crippen LogP) is 3.10. The molecule has 1 aromatic carbocycles. The van der Waals surface area contributed by atoms with E-state index in [2.05, 4.69) is 16.6 Å². The van der Waals surface area contributed by atoms with Crippen molar-refractivity contribution >= 4 is 0 Å². The van der Waals surface area contributed by atoms with Gasteiger partial charge in [-0.2, -0.15) is 0 Å². The molecule has 0 aliphatic rings. The van der Waals surface area contributed by atoms with E-state index in [-0.39, 0.29) is 11.3 Å². The van der Waals surface area contributed by atoms with Crippen molar-refractivity contribution in [2.45, 2.75) is 32.2 Å². The summed E-state index contributed by atoms with van der Waals surface area (Å²) in [7, 11) is 0. The Kier molecular flexibility index (Phi) is 4.25. The first-order chi connectivity index (χ1) is 8.23. The number of rotatable bonds is 2. The van der Waals surface area contributed by atoms with Gasteiger partial charge in [-0.25, -0.2) is 0 Å². The maximum Gasteiger partial charge on any atom is 0.573 e. The molecular formula is C13H13F3O2. The van der Waals surface area contributed by atoms with E-state index in [9.17, 15) is 18.3 Å². The Morgan fingerprint density at radius 2 is 1.89 bits per heavy atom. The van der Waals surface area contributed by atoms with E-state index in [0.29, 0.717) is 6.42 Å². The SMILES string of the molecule is CCC(C)(O)C#Cc1ccccc1OC(F)(F)F. The van der Waals surface area contributed by atoms with Crippen LogP contribution in [0.1, 0.15) is 25.8 Å². The zero-order valence-electron chi connectivity index (χ0n) is 10.0. The van der Waals surface area contributed by atoms with Gasteiger partial charge in [0.2, 0.25) is 0 Å². The molecule has 2 nitrogen and oxygen atoms in total. The topological polar surface area (TPSA) is 29.5 Å². The molecule has 1 rings (SSSR count). The third kappa shape index (κ3) is 4.68. The molecule has 1 aromatic rings. The summed E-state index contributed by atoms with van der Waals surface area (Å²) in [5, 5.41) is 9.67. The summed E-state index contributed by atoms with van der Waals surface area (Å²) in [5.41, 5.74) is -1.14. The van der Waals surface area contributed by atoms with Crippen LogP contribution in [0.4, 0.5) is 13.2 Å². The standard InChI is InChI=1S/C13H13F3O2/c1-3-12(2,17)9-8-10-6-4-5-7-11(10)18-13(14,15)16/h4-7,17H,3H2,1-2H3. The molecular weight excluding hydrogens is 245 g/mol. The van der Waals surface area contributed by atoms with Crippen LogP contribution in [-0.2, 0) is 0 Å². The van der Waals surface area contributed by atoms with E-state index in [0.717, 1.165) is 0 Å². The zero-order valence-corrected chi connectivity index (χ0v) is 10.0. The molecule has 1 unspecified atom stereocenters. The molecule has 0 aromatic heterocycles. The smallest absolute Gasteiger partial charge is 0.404 e. The summed E-state index contributed by atoms with van der Waals surface area (Å²) in [6.45, 7) is 3.22. The van der Waals surface area contributed by atoms with Gasteiger partial charge in [0.1, 0.15) is 11.4 Å². The second-order valence-corrected chi connectivity index (χ2v) is 3.92. The molecule has 98 valence electrons. The highest BCUT2D eigenvalue weighted by molar-refractivity contribution is 5.46. The number of alkyl halides is 3. The van der Waals surface area contributed by atoms with Crippen LogP contribution < -0.4 is 4.74 Å². The van der Waals surface area contributed by atoms with Crippen LogP contribution >= 0.6 is 0 Å². The molecule has 0 heterocycles. The molecule has 1 N–H and O–H groups in total. The minimum absolute atomic E-state index is 0.0866. The summed E-state index contributed by atoms with van der Waals surface area (Å²) in [4.78, 5) is 0. The van der Waals surface area contributed by atoms with Crippen LogP contribution in [0.3, 0.4) is 0 Å². The Hall–Kier alpha value is -1.67. The van der Waals surface area contributed by atoms with Gasteiger partial charge in [-0.15, -0.1) is 13.2 Å². The van der Waals surface area contributed by atoms with Gasteiger partial charge in [0.15, 0.2) is 0 Å². The maximum atomic E-state index is 12.1. The van der Waals surface area contributed by atoms with Crippen molar-refractivity contribution in [2.24, 2.45) is 0 Å². The van der Waals surface area contributed by atoms with Crippen molar-refractivity contribution in [1.82, 2.24) is 0 Å². The molecule has 0 saturated carbocycles. The van der Waals surface area contributed by atoms with E-state index >= 15 is 0 Å². The first-order valence-electron chi connectivity index (χ1n) is 5.34. The van der Waals surface area contributed by atoms with Crippen molar-refractivity contribution in [3.8, 4) is 17.6 Å². The van der Waals surface area contributed by atoms with E-state index in [4.69, 9.17) is 0 Å². The van der Waals surface area contributed by atoms with Gasteiger partial charge in [0.05, 0.1) is 5.56 Å². The highest BCUT2D eigenvalue weighted by Crippen LogP contribution is 2.25. The van der Waals surface area contributed by atoms with Gasteiger partial charge < -0.3 is 9.84 Å². The molecule has 0 bridgehead atoms. The van der Waals surface area contributed by atoms with Crippen LogP contribution in [0, 0.1) is 11.8 Å². The lowest BCUT2D eigenvalue weighted by Gasteiger charge is -2.13. The summed E-state index contributed by atoms with van der Waals surface area (Å²) < 4.78 is 40.3. The van der Waals surface area contributed by atoms with Gasteiger partial charge >= 0.3 is 6.36 Å². The van der Waals surface area contributed by atoms with Gasteiger partial charge in [-0.1, -0.05) is 30.9 Å². The Bertz CT molecular complexity index is 467. The third-order valence-electron chi connectivity index (χ3n) is 2.27. The van der Waals surface area contributed by atoms with Crippen molar-refractivity contribution in [3.63, 3.8) is 0 Å². The fourth-order valence-corrected chi connectivity index (χ4v) is 1.07. The fourth-order valence-electron chi connectivity index (χ4n) is 1.07. The number of para-hydroxylation sites is 1. The minimum Gasteiger partial charge on any atom is -0.404 e. The second-order valence-electron chi connectivity index (χ2n) is 3.92. The molecule has 0 aliphatic heterocycles. The number of hydrogen-bond acceptors (Lipinski definition) is 2. The maximum absolute atomic E-state index is 12.1. The monoisotopic (exact) mass is 258 g/mol. The largest absolute Gasteiger partial charge is 0.573 e. The van der Waals surface area contributed by atoms with Crippen molar-refractivity contribution < 1.29 is 23.0 Å². The normalized spacial score (nSPS) is 14.3. The fraction of sp³-hybridized carbons (Fsp3) is 0.385.